The molecule has 1 saturated carbocycles. The van der Waals surface area contributed by atoms with E-state index >= 15 is 0 Å². The Kier molecular flexibility index (Phi) is 3.11. The third-order valence-corrected chi connectivity index (χ3v) is 4.74. The maximum Gasteiger partial charge on any atom is 0.325 e. The number of pyridine rings is 1. The molecule has 8 nitrogen and oxygen atoms in total. The van der Waals surface area contributed by atoms with Crippen LogP contribution in [0.25, 0.3) is 16.9 Å². The molecule has 0 radical (unpaired) electrons. The molecule has 0 aromatic carbocycles. The first-order valence-electron chi connectivity index (χ1n) is 8.28. The first-order chi connectivity index (χ1) is 12.7. The van der Waals surface area contributed by atoms with Crippen molar-refractivity contribution in [3.63, 3.8) is 0 Å². The molecule has 0 spiro atoms. The molecule has 2 atom stereocenters. The van der Waals surface area contributed by atoms with Gasteiger partial charge in [0.15, 0.2) is 5.65 Å². The van der Waals surface area contributed by atoms with Crippen LogP contribution in [0.2, 0.25) is 0 Å². The summed E-state index contributed by atoms with van der Waals surface area (Å²) in [4.78, 5) is 37.0. The lowest BCUT2D eigenvalue weighted by Crippen LogP contribution is -2.23. The van der Waals surface area contributed by atoms with Gasteiger partial charge in [-0.25, -0.2) is 14.3 Å². The molecule has 0 unspecified atom stereocenters. The number of aromatic amines is 2. The Morgan fingerprint density at radius 2 is 2.04 bits per heavy atom. The Hall–Kier alpha value is -3.55. The summed E-state index contributed by atoms with van der Waals surface area (Å²) in [5.74, 6) is 0.610. The predicted molar refractivity (Wildman–Crippen MR) is 94.0 cm³/mol. The Morgan fingerprint density at radius 3 is 2.85 bits per heavy atom. The van der Waals surface area contributed by atoms with E-state index in [-0.39, 0.29) is 5.92 Å². The van der Waals surface area contributed by atoms with Gasteiger partial charge in [0.05, 0.1) is 11.3 Å². The minimum atomic E-state index is -0.542. The molecule has 4 aromatic heterocycles. The highest BCUT2D eigenvalue weighted by Gasteiger charge is 2.42. The third kappa shape index (κ3) is 2.34. The molecule has 1 fully saturated rings. The summed E-state index contributed by atoms with van der Waals surface area (Å²) in [7, 11) is 0. The quantitative estimate of drug-likeness (QED) is 0.583. The molecule has 8 heteroatoms. The summed E-state index contributed by atoms with van der Waals surface area (Å²) in [5.41, 5.74) is 2.66. The van der Waals surface area contributed by atoms with Crippen LogP contribution in [0.4, 0.5) is 0 Å². The average molecular weight is 346 g/mol. The third-order valence-electron chi connectivity index (χ3n) is 4.74. The Balaban J connectivity index is 1.63. The van der Waals surface area contributed by atoms with Gasteiger partial charge in [-0.1, -0.05) is 6.07 Å². The van der Waals surface area contributed by atoms with Gasteiger partial charge in [0.1, 0.15) is 0 Å². The summed E-state index contributed by atoms with van der Waals surface area (Å²) in [6.07, 6.45) is 7.60. The summed E-state index contributed by atoms with van der Waals surface area (Å²) < 4.78 is 1.67. The van der Waals surface area contributed by atoms with E-state index in [4.69, 9.17) is 0 Å². The number of imidazole rings is 1. The van der Waals surface area contributed by atoms with Crippen LogP contribution >= 0.6 is 0 Å². The monoisotopic (exact) mass is 346 g/mol. The van der Waals surface area contributed by atoms with Crippen LogP contribution in [0, 0.1) is 0 Å². The lowest BCUT2D eigenvalue weighted by Gasteiger charge is -2.07. The predicted octanol–water partition coefficient (Wildman–Crippen LogP) is 1.44. The number of aromatic nitrogens is 6. The fourth-order valence-corrected chi connectivity index (χ4v) is 3.41. The maximum absolute atomic E-state index is 12.1. The zero-order valence-electron chi connectivity index (χ0n) is 13.6. The molecule has 0 aliphatic heterocycles. The summed E-state index contributed by atoms with van der Waals surface area (Å²) in [6, 6.07) is 7.81. The molecule has 0 amide bonds. The molecule has 4 aromatic rings. The molecule has 0 bridgehead atoms. The van der Waals surface area contributed by atoms with Gasteiger partial charge >= 0.3 is 5.69 Å². The lowest BCUT2D eigenvalue weighted by atomic mass is 10.1. The number of hydrogen-bond donors (Lipinski definition) is 2. The van der Waals surface area contributed by atoms with Crippen LogP contribution < -0.4 is 11.2 Å². The largest absolute Gasteiger partial charge is 0.325 e. The number of hydrogen-bond acceptors (Lipinski definition) is 5. The maximum atomic E-state index is 12.1. The molecule has 5 rings (SSSR count). The van der Waals surface area contributed by atoms with E-state index in [1.165, 1.54) is 6.20 Å². The zero-order chi connectivity index (χ0) is 17.7. The van der Waals surface area contributed by atoms with E-state index in [2.05, 4.69) is 25.0 Å². The molecule has 128 valence electrons. The Labute approximate surface area is 146 Å². The van der Waals surface area contributed by atoms with Crippen LogP contribution in [-0.2, 0) is 0 Å². The second kappa shape index (κ2) is 5.48. The number of rotatable bonds is 3. The highest BCUT2D eigenvalue weighted by atomic mass is 16.2. The van der Waals surface area contributed by atoms with Gasteiger partial charge < -0.3 is 4.98 Å². The zero-order valence-corrected chi connectivity index (χ0v) is 13.6. The van der Waals surface area contributed by atoms with Crippen LogP contribution in [0.3, 0.4) is 0 Å². The molecule has 1 aliphatic carbocycles. The molecule has 0 saturated heterocycles. The van der Waals surface area contributed by atoms with Crippen LogP contribution in [0.1, 0.15) is 29.5 Å². The van der Waals surface area contributed by atoms with E-state index in [1.54, 1.807) is 23.1 Å². The second-order valence-electron chi connectivity index (χ2n) is 6.37. The molecular formula is C18H14N6O2. The van der Waals surface area contributed by atoms with Crippen molar-refractivity contribution in [1.82, 2.24) is 29.5 Å². The van der Waals surface area contributed by atoms with Gasteiger partial charge in [-0.2, -0.15) is 5.10 Å². The van der Waals surface area contributed by atoms with Crippen molar-refractivity contribution in [2.24, 2.45) is 0 Å². The molecule has 2 N–H and O–H groups in total. The van der Waals surface area contributed by atoms with E-state index in [0.717, 1.165) is 23.3 Å². The summed E-state index contributed by atoms with van der Waals surface area (Å²) in [5, 5.41) is 4.46. The van der Waals surface area contributed by atoms with Crippen molar-refractivity contribution >= 4 is 5.65 Å². The fraction of sp³-hybridized carbons (Fsp3) is 0.167. The molecule has 1 aliphatic rings. The summed E-state index contributed by atoms with van der Waals surface area (Å²) in [6.45, 7) is 0. The minimum Gasteiger partial charge on any atom is -0.313 e. The SMILES string of the molecule is O=c1[nH]cc(-c2cc([C@H]3C[C@@H]3c3ccccn3)c3nccn3n2)c(=O)[nH]1. The van der Waals surface area contributed by atoms with E-state index in [1.807, 2.05) is 24.3 Å². The van der Waals surface area contributed by atoms with E-state index < -0.39 is 11.2 Å². The lowest BCUT2D eigenvalue weighted by molar-refractivity contribution is 0.899. The fourth-order valence-electron chi connectivity index (χ4n) is 3.41. The number of nitrogens with zero attached hydrogens (tertiary/aromatic N) is 4. The standard InChI is InChI=1S/C18H14N6O2/c25-17-13(9-21-18(26)22-17)15-8-12(16-20-5-6-24(16)23-15)10-7-11(10)14-3-1-2-4-19-14/h1-6,8-11H,7H2,(H2,21,22,25,26)/t10-,11-/m0/s1. The number of nitrogens with one attached hydrogen (secondary N) is 2. The van der Waals surface area contributed by atoms with Gasteiger partial charge in [0.25, 0.3) is 5.56 Å². The van der Waals surface area contributed by atoms with Crippen LogP contribution in [-0.4, -0.2) is 29.5 Å². The smallest absolute Gasteiger partial charge is 0.313 e. The first-order valence-corrected chi connectivity index (χ1v) is 8.28. The van der Waals surface area contributed by atoms with Crippen molar-refractivity contribution in [2.75, 3.05) is 0 Å². The van der Waals surface area contributed by atoms with Crippen molar-refractivity contribution in [2.45, 2.75) is 18.3 Å². The number of fused-ring (bicyclic) bond motifs is 1. The van der Waals surface area contributed by atoms with Crippen molar-refractivity contribution in [3.05, 3.63) is 81.1 Å². The van der Waals surface area contributed by atoms with Crippen molar-refractivity contribution in [1.29, 1.82) is 0 Å². The second-order valence-corrected chi connectivity index (χ2v) is 6.37. The topological polar surface area (TPSA) is 109 Å². The first kappa shape index (κ1) is 14.8. The van der Waals surface area contributed by atoms with Gasteiger partial charge in [-0.15, -0.1) is 0 Å². The van der Waals surface area contributed by atoms with Crippen LogP contribution in [0.15, 0.2) is 58.6 Å². The molecule has 26 heavy (non-hydrogen) atoms. The Morgan fingerprint density at radius 1 is 1.12 bits per heavy atom. The Bertz CT molecular complexity index is 1220. The van der Waals surface area contributed by atoms with Gasteiger partial charge in [0, 0.05) is 42.0 Å². The van der Waals surface area contributed by atoms with Gasteiger partial charge in [0.2, 0.25) is 0 Å². The van der Waals surface area contributed by atoms with Gasteiger partial charge in [-0.05, 0) is 30.5 Å². The minimum absolute atomic E-state index is 0.276. The highest BCUT2D eigenvalue weighted by Crippen LogP contribution is 2.54. The molecular weight excluding hydrogens is 332 g/mol. The van der Waals surface area contributed by atoms with Crippen LogP contribution in [0.5, 0.6) is 0 Å². The van der Waals surface area contributed by atoms with Crippen molar-refractivity contribution < 1.29 is 0 Å². The number of H-pyrrole nitrogens is 2. The van der Waals surface area contributed by atoms with Crippen molar-refractivity contribution in [3.8, 4) is 11.3 Å². The summed E-state index contributed by atoms with van der Waals surface area (Å²) >= 11 is 0. The highest BCUT2D eigenvalue weighted by molar-refractivity contribution is 5.63. The van der Waals surface area contributed by atoms with E-state index in [0.29, 0.717) is 17.2 Å². The molecule has 4 heterocycles. The average Bonchev–Trinajstić information content (AvgIpc) is 3.30. The normalized spacial score (nSPS) is 18.9. The van der Waals surface area contributed by atoms with E-state index in [9.17, 15) is 9.59 Å². The van der Waals surface area contributed by atoms with Gasteiger partial charge in [-0.3, -0.25) is 14.8 Å².